The lowest BCUT2D eigenvalue weighted by Gasteiger charge is -2.36. The van der Waals surface area contributed by atoms with Crippen molar-refractivity contribution in [2.45, 2.75) is 57.5 Å². The van der Waals surface area contributed by atoms with Crippen molar-refractivity contribution in [2.75, 3.05) is 5.75 Å². The number of nitrogens with zero attached hydrogens (tertiary/aromatic N) is 3. The lowest BCUT2D eigenvalue weighted by Crippen LogP contribution is -2.54. The predicted octanol–water partition coefficient (Wildman–Crippen LogP) is 2.23. The number of thioether (sulfide) groups is 1. The third-order valence-corrected chi connectivity index (χ3v) is 6.01. The number of amides is 3. The molecule has 1 saturated carbocycles. The minimum Gasteiger partial charge on any atom is -0.346 e. The Hall–Kier alpha value is -1.48. The van der Waals surface area contributed by atoms with E-state index in [2.05, 4.69) is 14.9 Å². The van der Waals surface area contributed by atoms with Crippen LogP contribution in [0.5, 0.6) is 0 Å². The molecule has 0 bridgehead atoms. The summed E-state index contributed by atoms with van der Waals surface area (Å²) in [6.07, 6.45) is 5.06. The summed E-state index contributed by atoms with van der Waals surface area (Å²) in [4.78, 5) is 38.6. The molecule has 0 aromatic carbocycles. The first-order valence-electron chi connectivity index (χ1n) is 8.22. The maximum absolute atomic E-state index is 12.6. The van der Waals surface area contributed by atoms with Crippen LogP contribution in [-0.2, 0) is 11.2 Å². The molecule has 2 heterocycles. The Morgan fingerprint density at radius 1 is 1.33 bits per heavy atom. The number of aryl methyl sites for hydroxylation is 1. The van der Waals surface area contributed by atoms with Crippen LogP contribution < -0.4 is 5.32 Å². The van der Waals surface area contributed by atoms with Gasteiger partial charge in [-0.3, -0.25) is 19.3 Å². The van der Waals surface area contributed by atoms with E-state index in [1.165, 1.54) is 4.90 Å². The van der Waals surface area contributed by atoms with Crippen molar-refractivity contribution < 1.29 is 14.4 Å². The summed E-state index contributed by atoms with van der Waals surface area (Å²) < 4.78 is 3.88. The molecule has 130 valence electrons. The van der Waals surface area contributed by atoms with Gasteiger partial charge in [-0.25, -0.2) is 0 Å². The SMILES string of the molecule is CCCc1nnsc1C(=O)NC1CCCCC1N1C(=O)CSC1=O. The fourth-order valence-electron chi connectivity index (χ4n) is 3.29. The molecule has 1 aromatic heterocycles. The normalized spacial score (nSPS) is 24.5. The Balaban J connectivity index is 1.74. The first-order chi connectivity index (χ1) is 11.6. The van der Waals surface area contributed by atoms with E-state index >= 15 is 0 Å². The van der Waals surface area contributed by atoms with Gasteiger partial charge in [0, 0.05) is 0 Å². The molecule has 9 heteroatoms. The molecule has 1 aliphatic carbocycles. The Morgan fingerprint density at radius 2 is 2.12 bits per heavy atom. The number of rotatable bonds is 5. The van der Waals surface area contributed by atoms with E-state index in [1.54, 1.807) is 0 Å². The van der Waals surface area contributed by atoms with Gasteiger partial charge < -0.3 is 5.32 Å². The molecular weight excluding hydrogens is 348 g/mol. The molecule has 3 rings (SSSR count). The highest BCUT2D eigenvalue weighted by Crippen LogP contribution is 2.30. The van der Waals surface area contributed by atoms with Gasteiger partial charge in [0.2, 0.25) is 5.91 Å². The molecule has 2 aliphatic rings. The molecule has 24 heavy (non-hydrogen) atoms. The molecule has 3 amide bonds. The lowest BCUT2D eigenvalue weighted by atomic mass is 9.89. The smallest absolute Gasteiger partial charge is 0.289 e. The Morgan fingerprint density at radius 3 is 2.83 bits per heavy atom. The third kappa shape index (κ3) is 3.46. The van der Waals surface area contributed by atoms with Gasteiger partial charge in [-0.1, -0.05) is 42.4 Å². The van der Waals surface area contributed by atoms with Crippen molar-refractivity contribution in [2.24, 2.45) is 0 Å². The molecule has 2 atom stereocenters. The van der Waals surface area contributed by atoms with Crippen molar-refractivity contribution >= 4 is 40.3 Å². The molecule has 2 fully saturated rings. The number of carbonyl (C=O) groups excluding carboxylic acids is 3. The molecule has 0 radical (unpaired) electrons. The van der Waals surface area contributed by atoms with Crippen LogP contribution in [0.4, 0.5) is 4.79 Å². The summed E-state index contributed by atoms with van der Waals surface area (Å²) in [7, 11) is 0. The van der Waals surface area contributed by atoms with Crippen molar-refractivity contribution in [3.8, 4) is 0 Å². The fourth-order valence-corrected chi connectivity index (χ4v) is 4.66. The van der Waals surface area contributed by atoms with Crippen LogP contribution in [0, 0.1) is 0 Å². The molecule has 7 nitrogen and oxygen atoms in total. The Bertz CT molecular complexity index is 632. The van der Waals surface area contributed by atoms with Crippen molar-refractivity contribution in [1.82, 2.24) is 19.8 Å². The van der Waals surface area contributed by atoms with E-state index < -0.39 is 0 Å². The molecule has 1 aliphatic heterocycles. The number of aromatic nitrogens is 2. The van der Waals surface area contributed by atoms with E-state index in [0.29, 0.717) is 11.3 Å². The quantitative estimate of drug-likeness (QED) is 0.857. The second-order valence-corrected chi connectivity index (χ2v) is 7.73. The van der Waals surface area contributed by atoms with Crippen molar-refractivity contribution in [3.05, 3.63) is 10.6 Å². The second-order valence-electron chi connectivity index (χ2n) is 6.05. The van der Waals surface area contributed by atoms with Gasteiger partial charge in [0.1, 0.15) is 4.88 Å². The minimum absolute atomic E-state index is 0.151. The van der Waals surface area contributed by atoms with Crippen LogP contribution in [-0.4, -0.2) is 49.4 Å². The first-order valence-corrected chi connectivity index (χ1v) is 9.98. The largest absolute Gasteiger partial charge is 0.346 e. The zero-order chi connectivity index (χ0) is 17.1. The lowest BCUT2D eigenvalue weighted by molar-refractivity contribution is -0.127. The second kappa shape index (κ2) is 7.60. The zero-order valence-electron chi connectivity index (χ0n) is 13.5. The van der Waals surface area contributed by atoms with Crippen LogP contribution in [0.1, 0.15) is 54.4 Å². The van der Waals surface area contributed by atoms with Gasteiger partial charge in [0.05, 0.1) is 23.5 Å². The zero-order valence-corrected chi connectivity index (χ0v) is 15.1. The van der Waals surface area contributed by atoms with Crippen LogP contribution in [0.15, 0.2) is 0 Å². The van der Waals surface area contributed by atoms with Gasteiger partial charge >= 0.3 is 0 Å². The number of imide groups is 1. The Labute approximate surface area is 148 Å². The van der Waals surface area contributed by atoms with Crippen LogP contribution in [0.25, 0.3) is 0 Å². The fraction of sp³-hybridized carbons (Fsp3) is 0.667. The molecular formula is C15H20N4O3S2. The summed E-state index contributed by atoms with van der Waals surface area (Å²) in [5.41, 5.74) is 0.719. The summed E-state index contributed by atoms with van der Waals surface area (Å²) in [6, 6.07) is -0.442. The number of nitrogens with one attached hydrogen (secondary N) is 1. The topological polar surface area (TPSA) is 92.3 Å². The third-order valence-electron chi connectivity index (χ3n) is 4.41. The van der Waals surface area contributed by atoms with Crippen LogP contribution >= 0.6 is 23.3 Å². The van der Waals surface area contributed by atoms with E-state index in [4.69, 9.17) is 0 Å². The summed E-state index contributed by atoms with van der Waals surface area (Å²) >= 11 is 2.14. The van der Waals surface area contributed by atoms with Crippen molar-refractivity contribution in [3.63, 3.8) is 0 Å². The first kappa shape index (κ1) is 17.3. The monoisotopic (exact) mass is 368 g/mol. The van der Waals surface area contributed by atoms with E-state index in [-0.39, 0.29) is 34.9 Å². The summed E-state index contributed by atoms with van der Waals surface area (Å²) in [5.74, 6) is -0.144. The molecule has 1 aromatic rings. The van der Waals surface area contributed by atoms with Gasteiger partial charge in [0.15, 0.2) is 0 Å². The van der Waals surface area contributed by atoms with E-state index in [0.717, 1.165) is 61.1 Å². The van der Waals surface area contributed by atoms with Gasteiger partial charge in [0.25, 0.3) is 11.1 Å². The number of hydrogen-bond acceptors (Lipinski definition) is 7. The van der Waals surface area contributed by atoms with Crippen LogP contribution in [0.2, 0.25) is 0 Å². The Kier molecular flexibility index (Phi) is 5.50. The summed E-state index contributed by atoms with van der Waals surface area (Å²) in [5, 5.41) is 6.85. The highest BCUT2D eigenvalue weighted by Gasteiger charge is 2.41. The van der Waals surface area contributed by atoms with Gasteiger partial charge in [-0.2, -0.15) is 0 Å². The highest BCUT2D eigenvalue weighted by molar-refractivity contribution is 8.14. The predicted molar refractivity (Wildman–Crippen MR) is 92.1 cm³/mol. The van der Waals surface area contributed by atoms with E-state index in [1.807, 2.05) is 6.92 Å². The van der Waals surface area contributed by atoms with Crippen molar-refractivity contribution in [1.29, 1.82) is 0 Å². The average Bonchev–Trinajstić information content (AvgIpc) is 3.16. The minimum atomic E-state index is -0.242. The molecule has 1 saturated heterocycles. The highest BCUT2D eigenvalue weighted by atomic mass is 32.2. The molecule has 0 spiro atoms. The standard InChI is InChI=1S/C15H20N4O3S2/c1-2-5-10-13(24-18-17-10)14(21)16-9-6-3-4-7-11(9)19-12(20)8-23-15(19)22/h9,11H,2-8H2,1H3,(H,16,21). The van der Waals surface area contributed by atoms with Crippen LogP contribution in [0.3, 0.4) is 0 Å². The maximum Gasteiger partial charge on any atom is 0.289 e. The van der Waals surface area contributed by atoms with E-state index in [9.17, 15) is 14.4 Å². The van der Waals surface area contributed by atoms with Gasteiger partial charge in [-0.15, -0.1) is 5.10 Å². The van der Waals surface area contributed by atoms with Gasteiger partial charge in [-0.05, 0) is 30.8 Å². The maximum atomic E-state index is 12.6. The molecule has 1 N–H and O–H groups in total. The average molecular weight is 368 g/mol. The number of hydrogen-bond donors (Lipinski definition) is 1. The summed E-state index contributed by atoms with van der Waals surface area (Å²) in [6.45, 7) is 2.03. The number of carbonyl (C=O) groups is 3. The molecule has 2 unspecified atom stereocenters.